The van der Waals surface area contributed by atoms with Gasteiger partial charge < -0.3 is 10.4 Å². The van der Waals surface area contributed by atoms with Crippen molar-refractivity contribution in [3.8, 4) is 0 Å². The van der Waals surface area contributed by atoms with Gasteiger partial charge >= 0.3 is 12.0 Å². The number of nitrogens with one attached hydrogen (secondary N) is 2. The molecular weight excluding hydrogens is 290 g/mol. The second-order valence-electron chi connectivity index (χ2n) is 4.79. The Kier molecular flexibility index (Phi) is 4.74. The molecule has 0 saturated carbocycles. The van der Waals surface area contributed by atoms with Crippen molar-refractivity contribution in [2.75, 3.05) is 5.32 Å². The third kappa shape index (κ3) is 3.69. The maximum absolute atomic E-state index is 11.9. The fourth-order valence-electron chi connectivity index (χ4n) is 1.88. The Balaban J connectivity index is 2.05. The molecule has 7 heteroatoms. The predicted octanol–water partition coefficient (Wildman–Crippen LogP) is 2.92. The van der Waals surface area contributed by atoms with Crippen LogP contribution < -0.4 is 10.6 Å². The van der Waals surface area contributed by atoms with E-state index in [0.29, 0.717) is 11.6 Å². The summed E-state index contributed by atoms with van der Waals surface area (Å²) in [5.41, 5.74) is 0.800. The largest absolute Gasteiger partial charge is 0.480 e. The molecule has 1 heterocycles. The lowest BCUT2D eigenvalue weighted by Gasteiger charge is -2.19. The van der Waals surface area contributed by atoms with Crippen LogP contribution in [0.2, 0.25) is 0 Å². The number of hydrogen-bond acceptors (Lipinski definition) is 4. The lowest BCUT2D eigenvalue weighted by atomic mass is 10.00. The van der Waals surface area contributed by atoms with Crippen molar-refractivity contribution >= 4 is 38.7 Å². The molecule has 1 unspecified atom stereocenters. The molecular formula is C14H17N3O3S. The number of carbonyl (C=O) groups is 2. The van der Waals surface area contributed by atoms with Crippen LogP contribution in [0.25, 0.3) is 10.2 Å². The number of aromatic nitrogens is 1. The van der Waals surface area contributed by atoms with Crippen LogP contribution in [0.15, 0.2) is 24.3 Å². The normalized spacial score (nSPS) is 13.6. The molecule has 112 valence electrons. The molecule has 2 rings (SSSR count). The van der Waals surface area contributed by atoms with E-state index in [9.17, 15) is 9.59 Å². The summed E-state index contributed by atoms with van der Waals surface area (Å²) in [6.07, 6.45) is 0.665. The van der Waals surface area contributed by atoms with E-state index in [-0.39, 0.29) is 5.92 Å². The number of carboxylic acids is 1. The van der Waals surface area contributed by atoms with E-state index in [1.54, 1.807) is 6.92 Å². The lowest BCUT2D eigenvalue weighted by molar-refractivity contribution is -0.140. The monoisotopic (exact) mass is 307 g/mol. The first-order chi connectivity index (χ1) is 10.0. The fraction of sp³-hybridized carbons (Fsp3) is 0.357. The maximum Gasteiger partial charge on any atom is 0.326 e. The molecule has 1 aromatic carbocycles. The zero-order valence-electron chi connectivity index (χ0n) is 11.8. The Morgan fingerprint density at radius 3 is 2.71 bits per heavy atom. The summed E-state index contributed by atoms with van der Waals surface area (Å²) < 4.78 is 0.963. The van der Waals surface area contributed by atoms with Gasteiger partial charge in [-0.2, -0.15) is 0 Å². The van der Waals surface area contributed by atoms with E-state index in [2.05, 4.69) is 15.6 Å². The zero-order valence-corrected chi connectivity index (χ0v) is 12.6. The predicted molar refractivity (Wildman–Crippen MR) is 82.7 cm³/mol. The third-order valence-electron chi connectivity index (χ3n) is 3.28. The molecule has 0 aliphatic carbocycles. The number of nitrogens with zero attached hydrogens (tertiary/aromatic N) is 1. The number of para-hydroxylation sites is 1. The molecule has 2 amide bonds. The summed E-state index contributed by atoms with van der Waals surface area (Å²) in [5, 5.41) is 14.7. The van der Waals surface area contributed by atoms with E-state index in [4.69, 9.17) is 5.11 Å². The number of amides is 2. The number of aliphatic carboxylic acids is 1. The van der Waals surface area contributed by atoms with Crippen molar-refractivity contribution in [2.45, 2.75) is 26.3 Å². The summed E-state index contributed by atoms with van der Waals surface area (Å²) in [5.74, 6) is -1.19. The molecule has 0 radical (unpaired) electrons. The van der Waals surface area contributed by atoms with Gasteiger partial charge in [-0.3, -0.25) is 5.32 Å². The summed E-state index contributed by atoms with van der Waals surface area (Å²) in [6.45, 7) is 3.67. The number of carbonyl (C=O) groups excluding carboxylic acids is 1. The first-order valence-electron chi connectivity index (χ1n) is 6.67. The Morgan fingerprint density at radius 2 is 2.10 bits per heavy atom. The number of fused-ring (bicyclic) bond motifs is 1. The van der Waals surface area contributed by atoms with E-state index in [0.717, 1.165) is 10.2 Å². The van der Waals surface area contributed by atoms with Crippen LogP contribution >= 0.6 is 11.3 Å². The topological polar surface area (TPSA) is 91.3 Å². The average molecular weight is 307 g/mol. The van der Waals surface area contributed by atoms with Crippen LogP contribution in [0, 0.1) is 5.92 Å². The molecule has 0 fully saturated rings. The Hall–Kier alpha value is -2.15. The van der Waals surface area contributed by atoms with Gasteiger partial charge in [0.2, 0.25) is 0 Å². The molecule has 0 aliphatic heterocycles. The van der Waals surface area contributed by atoms with Crippen LogP contribution in [0.1, 0.15) is 20.3 Å². The van der Waals surface area contributed by atoms with Crippen LogP contribution in [-0.4, -0.2) is 28.1 Å². The number of benzene rings is 1. The molecule has 3 N–H and O–H groups in total. The van der Waals surface area contributed by atoms with E-state index in [1.165, 1.54) is 11.3 Å². The number of rotatable bonds is 5. The van der Waals surface area contributed by atoms with Crippen molar-refractivity contribution in [3.63, 3.8) is 0 Å². The number of anilines is 1. The standard InChI is InChI=1S/C14H17N3O3S/c1-3-8(2)11(12(18)19)16-13(20)17-14-15-9-6-4-5-7-10(9)21-14/h4-8,11H,3H2,1-2H3,(H,18,19)(H2,15,16,17,20)/t8?,11-/m0/s1. The Bertz CT molecular complexity index is 623. The average Bonchev–Trinajstić information content (AvgIpc) is 2.85. The van der Waals surface area contributed by atoms with Crippen LogP contribution in [0.3, 0.4) is 0 Å². The van der Waals surface area contributed by atoms with Gasteiger partial charge in [0.25, 0.3) is 0 Å². The fourth-order valence-corrected chi connectivity index (χ4v) is 2.74. The summed E-state index contributed by atoms with van der Waals surface area (Å²) in [6, 6.07) is 6.07. The molecule has 6 nitrogen and oxygen atoms in total. The zero-order chi connectivity index (χ0) is 15.4. The summed E-state index contributed by atoms with van der Waals surface area (Å²) in [7, 11) is 0. The van der Waals surface area contributed by atoms with Gasteiger partial charge in [-0.15, -0.1) is 0 Å². The van der Waals surface area contributed by atoms with Gasteiger partial charge in [0.1, 0.15) is 6.04 Å². The Labute approximate surface area is 126 Å². The highest BCUT2D eigenvalue weighted by molar-refractivity contribution is 7.22. The highest BCUT2D eigenvalue weighted by Crippen LogP contribution is 2.25. The van der Waals surface area contributed by atoms with Crippen molar-refractivity contribution in [3.05, 3.63) is 24.3 Å². The van der Waals surface area contributed by atoms with Crippen molar-refractivity contribution in [2.24, 2.45) is 5.92 Å². The second-order valence-corrected chi connectivity index (χ2v) is 5.82. The highest BCUT2D eigenvalue weighted by atomic mass is 32.1. The molecule has 2 aromatic rings. The number of urea groups is 1. The first kappa shape index (κ1) is 15.2. The van der Waals surface area contributed by atoms with Crippen LogP contribution in [0.5, 0.6) is 0 Å². The minimum Gasteiger partial charge on any atom is -0.480 e. The Morgan fingerprint density at radius 1 is 1.38 bits per heavy atom. The molecule has 2 atom stereocenters. The van der Waals surface area contributed by atoms with Crippen molar-refractivity contribution in [1.29, 1.82) is 0 Å². The minimum absolute atomic E-state index is 0.149. The van der Waals surface area contributed by atoms with E-state index < -0.39 is 18.0 Å². The molecule has 0 saturated heterocycles. The molecule has 21 heavy (non-hydrogen) atoms. The van der Waals surface area contributed by atoms with Gasteiger partial charge in [0.15, 0.2) is 5.13 Å². The SMILES string of the molecule is CCC(C)[C@H](NC(=O)Nc1nc2ccccc2s1)C(=O)O. The highest BCUT2D eigenvalue weighted by Gasteiger charge is 2.25. The molecule has 0 aliphatic rings. The van der Waals surface area contributed by atoms with E-state index in [1.807, 2.05) is 31.2 Å². The van der Waals surface area contributed by atoms with Gasteiger partial charge in [0, 0.05) is 0 Å². The smallest absolute Gasteiger partial charge is 0.326 e. The first-order valence-corrected chi connectivity index (χ1v) is 7.48. The van der Waals surface area contributed by atoms with Gasteiger partial charge in [-0.05, 0) is 18.1 Å². The molecule has 0 bridgehead atoms. The van der Waals surface area contributed by atoms with Crippen LogP contribution in [0.4, 0.5) is 9.93 Å². The second kappa shape index (κ2) is 6.53. The minimum atomic E-state index is -1.04. The van der Waals surface area contributed by atoms with Crippen LogP contribution in [-0.2, 0) is 4.79 Å². The lowest BCUT2D eigenvalue weighted by Crippen LogP contribution is -2.46. The van der Waals surface area contributed by atoms with Gasteiger partial charge in [0.05, 0.1) is 10.2 Å². The van der Waals surface area contributed by atoms with Gasteiger partial charge in [-0.1, -0.05) is 43.7 Å². The summed E-state index contributed by atoms with van der Waals surface area (Å²) >= 11 is 1.34. The third-order valence-corrected chi connectivity index (χ3v) is 4.23. The van der Waals surface area contributed by atoms with Crippen molar-refractivity contribution < 1.29 is 14.7 Å². The van der Waals surface area contributed by atoms with Crippen molar-refractivity contribution in [1.82, 2.24) is 10.3 Å². The maximum atomic E-state index is 11.9. The quantitative estimate of drug-likeness (QED) is 0.792. The molecule has 1 aromatic heterocycles. The number of hydrogen-bond donors (Lipinski definition) is 3. The molecule has 0 spiro atoms. The number of carboxylic acid groups (broad SMARTS) is 1. The number of thiazole rings is 1. The summed E-state index contributed by atoms with van der Waals surface area (Å²) in [4.78, 5) is 27.3. The van der Waals surface area contributed by atoms with E-state index >= 15 is 0 Å². The van der Waals surface area contributed by atoms with Gasteiger partial charge in [-0.25, -0.2) is 14.6 Å².